The van der Waals surface area contributed by atoms with E-state index in [-0.39, 0.29) is 24.2 Å². The molecule has 1 aromatic carbocycles. The maximum Gasteiger partial charge on any atom is 0.243 e. The summed E-state index contributed by atoms with van der Waals surface area (Å²) in [6.07, 6.45) is 7.33. The number of rotatable bonds is 13. The highest BCUT2D eigenvalue weighted by atomic mass is 32.2. The van der Waals surface area contributed by atoms with Crippen LogP contribution in [0.15, 0.2) is 53.8 Å². The molecule has 1 aliphatic rings. The van der Waals surface area contributed by atoms with Gasteiger partial charge in [-0.15, -0.1) is 0 Å². The van der Waals surface area contributed by atoms with Crippen molar-refractivity contribution in [3.8, 4) is 17.4 Å². The Hall–Kier alpha value is -3.48. The second-order valence-electron chi connectivity index (χ2n) is 10.2. The summed E-state index contributed by atoms with van der Waals surface area (Å²) < 4.78 is 44.9. The molecule has 11 nitrogen and oxygen atoms in total. The molecule has 0 N–H and O–H groups in total. The predicted octanol–water partition coefficient (Wildman–Crippen LogP) is 3.18. The number of piperidine rings is 1. The lowest BCUT2D eigenvalue weighted by Crippen LogP contribution is -2.41. The summed E-state index contributed by atoms with van der Waals surface area (Å²) in [7, 11) is 1.37. The molecule has 222 valence electrons. The molecule has 3 heterocycles. The molecular formula is C29H40N6O5S. The van der Waals surface area contributed by atoms with Crippen molar-refractivity contribution >= 4 is 16.0 Å². The van der Waals surface area contributed by atoms with Crippen molar-refractivity contribution in [2.45, 2.75) is 37.7 Å². The van der Waals surface area contributed by atoms with Crippen molar-refractivity contribution in [1.82, 2.24) is 24.2 Å². The van der Waals surface area contributed by atoms with E-state index in [1.807, 2.05) is 24.1 Å². The van der Waals surface area contributed by atoms with Gasteiger partial charge in [-0.05, 0) is 62.1 Å². The fraction of sp³-hybridized carbons (Fsp3) is 0.483. The van der Waals surface area contributed by atoms with Gasteiger partial charge in [0, 0.05) is 71.5 Å². The molecule has 4 rings (SSSR count). The normalized spacial score (nSPS) is 14.7. The van der Waals surface area contributed by atoms with Crippen LogP contribution in [0.2, 0.25) is 0 Å². The molecule has 1 aliphatic heterocycles. The summed E-state index contributed by atoms with van der Waals surface area (Å²) in [6.45, 7) is 7.46. The number of hydrogen-bond acceptors (Lipinski definition) is 10. The van der Waals surface area contributed by atoms with Crippen LogP contribution in [0.4, 0.5) is 5.95 Å². The second-order valence-corrected chi connectivity index (χ2v) is 12.2. The van der Waals surface area contributed by atoms with Gasteiger partial charge in [0.1, 0.15) is 24.2 Å². The number of nitrogens with zero attached hydrogens (tertiary/aromatic N) is 6. The minimum atomic E-state index is -3.70. The number of aryl methyl sites for hydroxylation is 2. The number of pyridine rings is 1. The molecule has 0 aliphatic carbocycles. The Bertz CT molecular complexity index is 1360. The zero-order valence-electron chi connectivity index (χ0n) is 24.5. The minimum absolute atomic E-state index is 0.153. The Labute approximate surface area is 243 Å². The molecule has 41 heavy (non-hydrogen) atoms. The van der Waals surface area contributed by atoms with E-state index in [0.29, 0.717) is 28.7 Å². The van der Waals surface area contributed by atoms with Crippen molar-refractivity contribution in [3.63, 3.8) is 0 Å². The number of methoxy groups -OCH3 is 1. The average Bonchev–Trinajstić information content (AvgIpc) is 2.96. The van der Waals surface area contributed by atoms with Crippen LogP contribution in [0.25, 0.3) is 0 Å². The van der Waals surface area contributed by atoms with Gasteiger partial charge in [0.25, 0.3) is 0 Å². The van der Waals surface area contributed by atoms with Crippen molar-refractivity contribution in [3.05, 3.63) is 60.0 Å². The van der Waals surface area contributed by atoms with E-state index in [1.165, 1.54) is 4.31 Å². The number of sulfonamides is 1. The number of likely N-dealkylation sites (N-methyl/N-ethyl adjacent to an activating group) is 2. The largest absolute Gasteiger partial charge is 0.497 e. The first-order chi connectivity index (χ1) is 19.7. The molecule has 1 saturated heterocycles. The van der Waals surface area contributed by atoms with Crippen LogP contribution >= 0.6 is 0 Å². The number of hydrogen-bond donors (Lipinski definition) is 0. The predicted molar refractivity (Wildman–Crippen MR) is 157 cm³/mol. The summed E-state index contributed by atoms with van der Waals surface area (Å²) in [6, 6.07) is 8.91. The van der Waals surface area contributed by atoms with Gasteiger partial charge < -0.3 is 24.0 Å². The molecule has 3 aromatic rings. The van der Waals surface area contributed by atoms with E-state index < -0.39 is 10.0 Å². The number of benzene rings is 1. The van der Waals surface area contributed by atoms with Gasteiger partial charge in [0.05, 0.1) is 12.0 Å². The lowest BCUT2D eigenvalue weighted by molar-refractivity contribution is 0.102. The highest BCUT2D eigenvalue weighted by molar-refractivity contribution is 7.89. The summed E-state index contributed by atoms with van der Waals surface area (Å²) in [5, 5.41) is 0. The molecule has 2 aromatic heterocycles. The summed E-state index contributed by atoms with van der Waals surface area (Å²) in [4.78, 5) is 17.7. The van der Waals surface area contributed by atoms with Gasteiger partial charge in [0.15, 0.2) is 0 Å². The second kappa shape index (κ2) is 13.9. The van der Waals surface area contributed by atoms with E-state index in [0.717, 1.165) is 44.8 Å². The summed E-state index contributed by atoms with van der Waals surface area (Å²) in [5.41, 5.74) is 1.28. The third-order valence-corrected chi connectivity index (χ3v) is 9.35. The third kappa shape index (κ3) is 8.05. The first-order valence-electron chi connectivity index (χ1n) is 13.7. The molecule has 0 saturated carbocycles. The fourth-order valence-corrected chi connectivity index (χ4v) is 6.40. The van der Waals surface area contributed by atoms with Gasteiger partial charge in [-0.3, -0.25) is 4.98 Å². The molecule has 0 amide bonds. The van der Waals surface area contributed by atoms with E-state index in [4.69, 9.17) is 14.2 Å². The van der Waals surface area contributed by atoms with Gasteiger partial charge in [-0.25, -0.2) is 13.4 Å². The number of anilines is 1. The molecule has 0 radical (unpaired) electrons. The average molecular weight is 585 g/mol. The van der Waals surface area contributed by atoms with Gasteiger partial charge >= 0.3 is 0 Å². The van der Waals surface area contributed by atoms with Gasteiger partial charge in [-0.1, -0.05) is 0 Å². The third-order valence-electron chi connectivity index (χ3n) is 7.19. The summed E-state index contributed by atoms with van der Waals surface area (Å²) >= 11 is 0. The SMILES string of the molecule is COc1cc(C)c(S(=O)(=O)N(C)CCOc2ccnc(N(C)CCN3CCC(Oc4ccncc4)CC3)n2)c(C)c1. The lowest BCUT2D eigenvalue weighted by Gasteiger charge is -2.33. The Kier molecular flexibility index (Phi) is 10.4. The topological polar surface area (TPSA) is 110 Å². The van der Waals surface area contributed by atoms with Crippen LogP contribution < -0.4 is 19.1 Å². The molecule has 0 spiro atoms. The van der Waals surface area contributed by atoms with E-state index in [2.05, 4.69) is 19.9 Å². The van der Waals surface area contributed by atoms with E-state index in [9.17, 15) is 8.42 Å². The van der Waals surface area contributed by atoms with Gasteiger partial charge in [0.2, 0.25) is 21.9 Å². The smallest absolute Gasteiger partial charge is 0.243 e. The Balaban J connectivity index is 1.23. The van der Waals surface area contributed by atoms with Crippen LogP contribution in [0.3, 0.4) is 0 Å². The number of aromatic nitrogens is 3. The first kappa shape index (κ1) is 30.5. The highest BCUT2D eigenvalue weighted by Crippen LogP contribution is 2.27. The zero-order valence-corrected chi connectivity index (χ0v) is 25.3. The van der Waals surface area contributed by atoms with Gasteiger partial charge in [-0.2, -0.15) is 9.29 Å². The first-order valence-corrected chi connectivity index (χ1v) is 15.2. The van der Waals surface area contributed by atoms with Crippen LogP contribution in [-0.4, -0.2) is 99.2 Å². The molecule has 12 heteroatoms. The lowest BCUT2D eigenvalue weighted by atomic mass is 10.1. The maximum atomic E-state index is 13.2. The fourth-order valence-electron chi connectivity index (χ4n) is 4.84. The van der Waals surface area contributed by atoms with Crippen LogP contribution in [0.1, 0.15) is 24.0 Å². The van der Waals surface area contributed by atoms with E-state index in [1.54, 1.807) is 64.8 Å². The molecule has 0 unspecified atom stereocenters. The standard InChI is InChI=1S/C29H40N6O5S/c1-22-20-26(38-5)21-23(2)28(22)41(36,37)34(4)18-19-39-27-8-13-31-29(32-27)33(3)16-17-35-14-9-25(10-15-35)40-24-6-11-30-12-7-24/h6-8,11-13,20-21,25H,9-10,14-19H2,1-5H3. The van der Waals surface area contributed by atoms with Crippen LogP contribution in [0, 0.1) is 13.8 Å². The maximum absolute atomic E-state index is 13.2. The zero-order chi connectivity index (χ0) is 29.4. The van der Waals surface area contributed by atoms with E-state index >= 15 is 0 Å². The molecule has 0 bridgehead atoms. The van der Waals surface area contributed by atoms with Crippen molar-refractivity contribution < 1.29 is 22.6 Å². The minimum Gasteiger partial charge on any atom is -0.497 e. The van der Waals surface area contributed by atoms with Crippen molar-refractivity contribution in [1.29, 1.82) is 0 Å². The quantitative estimate of drug-likeness (QED) is 0.297. The summed E-state index contributed by atoms with van der Waals surface area (Å²) in [5.74, 6) is 2.46. The number of ether oxygens (including phenoxy) is 3. The Morgan fingerprint density at radius 3 is 2.32 bits per heavy atom. The number of likely N-dealkylation sites (tertiary alicyclic amines) is 1. The van der Waals surface area contributed by atoms with Crippen molar-refractivity contribution in [2.75, 3.05) is 65.4 Å². The molecular weight excluding hydrogens is 544 g/mol. The Morgan fingerprint density at radius 1 is 0.976 bits per heavy atom. The van der Waals surface area contributed by atoms with Crippen LogP contribution in [0.5, 0.6) is 17.4 Å². The monoisotopic (exact) mass is 584 g/mol. The van der Waals surface area contributed by atoms with Crippen LogP contribution in [-0.2, 0) is 10.0 Å². The molecule has 1 fully saturated rings. The molecule has 0 atom stereocenters. The highest BCUT2D eigenvalue weighted by Gasteiger charge is 2.26. The Morgan fingerprint density at radius 2 is 1.66 bits per heavy atom. The van der Waals surface area contributed by atoms with Crippen molar-refractivity contribution in [2.24, 2.45) is 0 Å².